The summed E-state index contributed by atoms with van der Waals surface area (Å²) >= 11 is 0. The highest BCUT2D eigenvalue weighted by Gasteiger charge is 2.33. The number of hydrogen-bond donors (Lipinski definition) is 1. The van der Waals surface area contributed by atoms with E-state index in [-0.39, 0.29) is 0 Å². The van der Waals surface area contributed by atoms with Crippen LogP contribution in [0.5, 0.6) is 0 Å². The summed E-state index contributed by atoms with van der Waals surface area (Å²) in [5.41, 5.74) is -1.03. The molecule has 1 aromatic carbocycles. The van der Waals surface area contributed by atoms with Crippen LogP contribution in [0.15, 0.2) is 29.2 Å². The summed E-state index contributed by atoms with van der Waals surface area (Å²) in [5.74, 6) is 0. The lowest BCUT2D eigenvalue weighted by molar-refractivity contribution is -0.137. The Balaban J connectivity index is 3.27. The number of hydrogen-bond acceptors (Lipinski definition) is 3. The second kappa shape index (κ2) is 4.89. The van der Waals surface area contributed by atoms with Gasteiger partial charge in [0.15, 0.2) is 9.84 Å². The summed E-state index contributed by atoms with van der Waals surface area (Å²) in [6.07, 6.45) is -5.76. The summed E-state index contributed by atoms with van der Waals surface area (Å²) in [5, 5.41) is 8.08. The van der Waals surface area contributed by atoms with Gasteiger partial charge in [-0.3, -0.25) is 0 Å². The summed E-state index contributed by atoms with van der Waals surface area (Å²) in [7, 11) is -3.97. The van der Waals surface area contributed by atoms with Crippen molar-refractivity contribution in [1.29, 1.82) is 0 Å². The lowest BCUT2D eigenvalue weighted by Gasteiger charge is -2.16. The first-order valence-corrected chi connectivity index (χ1v) is 6.70. The van der Waals surface area contributed by atoms with Crippen LogP contribution in [0.25, 0.3) is 0 Å². The van der Waals surface area contributed by atoms with Gasteiger partial charge in [0.1, 0.15) is 0 Å². The van der Waals surface area contributed by atoms with Crippen LogP contribution < -0.4 is 0 Å². The predicted octanol–water partition coefficient (Wildman–Crippen LogP) is 2.25. The van der Waals surface area contributed by atoms with Gasteiger partial charge in [-0.15, -0.1) is 0 Å². The van der Waals surface area contributed by atoms with Crippen molar-refractivity contribution >= 4 is 9.84 Å². The highest BCUT2D eigenvalue weighted by Crippen LogP contribution is 2.31. The molecular formula is C11H13F3O3S. The van der Waals surface area contributed by atoms with E-state index in [2.05, 4.69) is 0 Å². The SMILES string of the molecule is CC(O)C(C)S(=O)(=O)c1cccc(C(F)(F)F)c1. The lowest BCUT2D eigenvalue weighted by Crippen LogP contribution is -2.29. The van der Waals surface area contributed by atoms with Gasteiger partial charge in [0.2, 0.25) is 0 Å². The van der Waals surface area contributed by atoms with Gasteiger partial charge in [-0.25, -0.2) is 8.42 Å². The smallest absolute Gasteiger partial charge is 0.392 e. The van der Waals surface area contributed by atoms with Gasteiger partial charge in [-0.2, -0.15) is 13.2 Å². The van der Waals surface area contributed by atoms with Gasteiger partial charge in [0, 0.05) is 0 Å². The van der Waals surface area contributed by atoms with E-state index < -0.39 is 37.8 Å². The highest BCUT2D eigenvalue weighted by molar-refractivity contribution is 7.92. The summed E-state index contributed by atoms with van der Waals surface area (Å²) in [4.78, 5) is -0.439. The second-order valence-electron chi connectivity index (χ2n) is 4.02. The topological polar surface area (TPSA) is 54.4 Å². The molecule has 1 N–H and O–H groups in total. The zero-order chi connectivity index (χ0) is 14.1. The number of benzene rings is 1. The lowest BCUT2D eigenvalue weighted by atomic mass is 10.2. The zero-order valence-electron chi connectivity index (χ0n) is 9.77. The Bertz CT molecular complexity index is 521. The molecule has 0 aromatic heterocycles. The van der Waals surface area contributed by atoms with Crippen molar-refractivity contribution in [2.24, 2.45) is 0 Å². The van der Waals surface area contributed by atoms with Crippen molar-refractivity contribution in [3.8, 4) is 0 Å². The van der Waals surface area contributed by atoms with E-state index in [1.54, 1.807) is 0 Å². The predicted molar refractivity (Wildman–Crippen MR) is 59.8 cm³/mol. The summed E-state index contributed by atoms with van der Waals surface area (Å²) < 4.78 is 61.3. The molecule has 0 aliphatic rings. The Morgan fingerprint density at radius 2 is 1.78 bits per heavy atom. The van der Waals surface area contributed by atoms with Crippen LogP contribution in [0.4, 0.5) is 13.2 Å². The Hall–Kier alpha value is -1.08. The molecule has 3 nitrogen and oxygen atoms in total. The van der Waals surface area contributed by atoms with E-state index in [0.29, 0.717) is 6.07 Å². The zero-order valence-corrected chi connectivity index (χ0v) is 10.6. The molecule has 0 aliphatic carbocycles. The summed E-state index contributed by atoms with van der Waals surface area (Å²) in [6, 6.07) is 3.49. The first-order valence-electron chi connectivity index (χ1n) is 5.16. The van der Waals surface area contributed by atoms with E-state index in [1.807, 2.05) is 0 Å². The molecule has 0 saturated carbocycles. The molecule has 0 amide bonds. The van der Waals surface area contributed by atoms with Crippen molar-refractivity contribution in [2.75, 3.05) is 0 Å². The molecule has 0 radical (unpaired) electrons. The van der Waals surface area contributed by atoms with Gasteiger partial charge >= 0.3 is 6.18 Å². The van der Waals surface area contributed by atoms with Crippen molar-refractivity contribution in [1.82, 2.24) is 0 Å². The minimum atomic E-state index is -4.60. The van der Waals surface area contributed by atoms with Crippen LogP contribution in [0.1, 0.15) is 19.4 Å². The number of halogens is 3. The van der Waals surface area contributed by atoms with Crippen molar-refractivity contribution in [3.05, 3.63) is 29.8 Å². The Labute approximate surface area is 103 Å². The molecule has 2 unspecified atom stereocenters. The van der Waals surface area contributed by atoms with Gasteiger partial charge in [-0.1, -0.05) is 6.07 Å². The highest BCUT2D eigenvalue weighted by atomic mass is 32.2. The third-order valence-electron chi connectivity index (χ3n) is 2.66. The molecular weight excluding hydrogens is 269 g/mol. The second-order valence-corrected chi connectivity index (χ2v) is 6.32. The first kappa shape index (κ1) is 15.0. The van der Waals surface area contributed by atoms with Crippen LogP contribution in [0.2, 0.25) is 0 Å². The number of aliphatic hydroxyl groups excluding tert-OH is 1. The Morgan fingerprint density at radius 3 is 2.22 bits per heavy atom. The molecule has 102 valence electrons. The van der Waals surface area contributed by atoms with Crippen molar-refractivity contribution in [3.63, 3.8) is 0 Å². The molecule has 2 atom stereocenters. The molecule has 0 aliphatic heterocycles. The fourth-order valence-corrected chi connectivity index (χ4v) is 2.83. The van der Waals surface area contributed by atoms with Crippen molar-refractivity contribution in [2.45, 2.75) is 36.3 Å². The number of sulfone groups is 1. The quantitative estimate of drug-likeness (QED) is 0.925. The maximum absolute atomic E-state index is 12.5. The number of aliphatic hydroxyl groups is 1. The van der Waals surface area contributed by atoms with E-state index in [1.165, 1.54) is 13.8 Å². The maximum atomic E-state index is 12.5. The van der Waals surface area contributed by atoms with E-state index in [0.717, 1.165) is 18.2 Å². The van der Waals surface area contributed by atoms with Crippen LogP contribution in [-0.4, -0.2) is 24.9 Å². The van der Waals surface area contributed by atoms with Gasteiger partial charge < -0.3 is 5.11 Å². The first-order chi connectivity index (χ1) is 8.06. The molecule has 0 heterocycles. The van der Waals surface area contributed by atoms with Gasteiger partial charge in [0.05, 0.1) is 21.8 Å². The van der Waals surface area contributed by atoms with E-state index in [9.17, 15) is 26.7 Å². The fourth-order valence-electron chi connectivity index (χ4n) is 1.32. The van der Waals surface area contributed by atoms with Crippen LogP contribution in [0.3, 0.4) is 0 Å². The van der Waals surface area contributed by atoms with Gasteiger partial charge in [-0.05, 0) is 32.0 Å². The molecule has 7 heteroatoms. The minimum absolute atomic E-state index is 0.439. The monoisotopic (exact) mass is 282 g/mol. The van der Waals surface area contributed by atoms with Crippen LogP contribution in [0, 0.1) is 0 Å². The molecule has 0 bridgehead atoms. The fraction of sp³-hybridized carbons (Fsp3) is 0.455. The Kier molecular flexibility index (Phi) is 4.07. The summed E-state index contributed by atoms with van der Waals surface area (Å²) in [6.45, 7) is 2.52. The number of rotatable bonds is 3. The maximum Gasteiger partial charge on any atom is 0.416 e. The van der Waals surface area contributed by atoms with E-state index >= 15 is 0 Å². The molecule has 18 heavy (non-hydrogen) atoms. The molecule has 0 saturated heterocycles. The number of alkyl halides is 3. The normalized spacial score (nSPS) is 16.3. The standard InChI is InChI=1S/C11H13F3O3S/c1-7(15)8(2)18(16,17)10-5-3-4-9(6-10)11(12,13)14/h3-8,15H,1-2H3. The van der Waals surface area contributed by atoms with Crippen LogP contribution >= 0.6 is 0 Å². The average molecular weight is 282 g/mol. The average Bonchev–Trinajstić information content (AvgIpc) is 2.27. The third kappa shape index (κ3) is 3.02. The molecule has 0 fully saturated rings. The molecule has 1 rings (SSSR count). The Morgan fingerprint density at radius 1 is 1.22 bits per heavy atom. The molecule has 1 aromatic rings. The largest absolute Gasteiger partial charge is 0.416 e. The molecule has 0 spiro atoms. The van der Waals surface area contributed by atoms with Crippen molar-refractivity contribution < 1.29 is 26.7 Å². The third-order valence-corrected chi connectivity index (χ3v) is 4.94. The van der Waals surface area contributed by atoms with E-state index in [4.69, 9.17) is 0 Å². The minimum Gasteiger partial charge on any atom is -0.392 e. The van der Waals surface area contributed by atoms with Crippen LogP contribution in [-0.2, 0) is 16.0 Å². The van der Waals surface area contributed by atoms with Gasteiger partial charge in [0.25, 0.3) is 0 Å².